The second kappa shape index (κ2) is 17.5. The molecule has 0 spiro atoms. The number of phenolic OH excluding ortho intramolecular Hbond substituents is 1. The highest BCUT2D eigenvalue weighted by Crippen LogP contribution is 2.33. The lowest BCUT2D eigenvalue weighted by Crippen LogP contribution is -2.52. The van der Waals surface area contributed by atoms with Crippen LogP contribution in [0.1, 0.15) is 63.0 Å². The Morgan fingerprint density at radius 2 is 1.58 bits per heavy atom. The molecule has 2 aromatic carbocycles. The van der Waals surface area contributed by atoms with Gasteiger partial charge in [0.05, 0.1) is 13.0 Å². The molecule has 4 aliphatic rings. The minimum Gasteiger partial charge on any atom is -0.509 e. The van der Waals surface area contributed by atoms with Crippen LogP contribution < -0.4 is 10.8 Å². The number of fused-ring (bicyclic) bond motifs is 1. The van der Waals surface area contributed by atoms with Gasteiger partial charge in [-0.3, -0.25) is 9.59 Å². The molecule has 3 saturated heterocycles. The molecule has 12 nitrogen and oxygen atoms in total. The number of phenols is 1. The van der Waals surface area contributed by atoms with Gasteiger partial charge in [0, 0.05) is 57.4 Å². The number of piperidine rings is 3. The third kappa shape index (κ3) is 9.39. The van der Waals surface area contributed by atoms with Gasteiger partial charge >= 0.3 is 18.1 Å². The van der Waals surface area contributed by atoms with E-state index in [-0.39, 0.29) is 41.6 Å². The summed E-state index contributed by atoms with van der Waals surface area (Å²) >= 11 is 0. The first-order valence-corrected chi connectivity index (χ1v) is 19.0. The summed E-state index contributed by atoms with van der Waals surface area (Å²) in [4.78, 5) is 60.2. The second-order valence-electron chi connectivity index (χ2n) is 14.6. The fourth-order valence-corrected chi connectivity index (χ4v) is 8.34. The molecule has 2 aromatic rings. The van der Waals surface area contributed by atoms with E-state index in [1.165, 1.54) is 6.07 Å². The number of benzene rings is 2. The largest absolute Gasteiger partial charge is 0.509 e. The third-order valence-electron chi connectivity index (χ3n) is 11.4. The first-order valence-electron chi connectivity index (χ1n) is 19.0. The van der Waals surface area contributed by atoms with Gasteiger partial charge in [0.15, 0.2) is 6.10 Å². The van der Waals surface area contributed by atoms with E-state index in [1.54, 1.807) is 17.0 Å². The molecule has 4 amide bonds. The van der Waals surface area contributed by atoms with E-state index >= 15 is 0 Å². The summed E-state index contributed by atoms with van der Waals surface area (Å²) in [7, 11) is 5.97. The Morgan fingerprint density at radius 3 is 2.27 bits per heavy atom. The van der Waals surface area contributed by atoms with Crippen molar-refractivity contribution in [2.45, 2.75) is 76.9 Å². The first kappa shape index (κ1) is 37.5. The Bertz CT molecular complexity index is 1570. The molecule has 278 valence electrons. The minimum absolute atomic E-state index is 0.00566. The zero-order valence-corrected chi connectivity index (χ0v) is 30.3. The molecule has 3 fully saturated rings. The lowest BCUT2D eigenvalue weighted by Gasteiger charge is -2.41. The van der Waals surface area contributed by atoms with E-state index in [2.05, 4.69) is 10.2 Å². The summed E-state index contributed by atoms with van der Waals surface area (Å²) in [6.07, 6.45) is 4.93. The van der Waals surface area contributed by atoms with Crippen LogP contribution in [0.4, 0.5) is 15.3 Å². The average molecular weight is 714 g/mol. The highest BCUT2D eigenvalue weighted by atomic mass is 16.6. The number of amides is 4. The predicted molar refractivity (Wildman–Crippen MR) is 198 cm³/mol. The highest BCUT2D eigenvalue weighted by Gasteiger charge is 2.37. The van der Waals surface area contributed by atoms with Crippen molar-refractivity contribution in [2.75, 3.05) is 64.3 Å². The summed E-state index contributed by atoms with van der Waals surface area (Å²) in [6.45, 7) is 7.54. The molecule has 2 N–H and O–H groups in total. The van der Waals surface area contributed by atoms with E-state index in [0.717, 1.165) is 63.0 Å². The number of esters is 1. The molecule has 52 heavy (non-hydrogen) atoms. The predicted octanol–water partition coefficient (Wildman–Crippen LogP) is 3.69. The topological polar surface area (TPSA) is 132 Å². The van der Waals surface area contributed by atoms with Gasteiger partial charge < -0.3 is 39.5 Å². The monoisotopic (exact) mass is 713 g/mol. The summed E-state index contributed by atoms with van der Waals surface area (Å²) in [5.41, 5.74) is 2.85. The maximum Gasteiger partial charge on any atom is 0.410 e. The van der Waals surface area contributed by atoms with Crippen molar-refractivity contribution in [3.8, 4) is 5.75 Å². The number of ether oxygens (including phenoxy) is 2. The van der Waals surface area contributed by atoms with Gasteiger partial charge in [0.2, 0.25) is 0 Å². The summed E-state index contributed by atoms with van der Waals surface area (Å²) in [5.74, 6) is 0.706. The lowest BCUT2D eigenvalue weighted by molar-refractivity contribution is -0.144. The number of likely N-dealkylation sites (tertiary alicyclic amines) is 3. The van der Waals surface area contributed by atoms with Crippen molar-refractivity contribution in [2.24, 2.45) is 11.8 Å². The summed E-state index contributed by atoms with van der Waals surface area (Å²) in [6, 6.07) is 12.5. The fraction of sp³-hybridized carbons (Fsp3) is 0.590. The second-order valence-corrected chi connectivity index (χ2v) is 14.6. The van der Waals surface area contributed by atoms with E-state index in [0.29, 0.717) is 76.0 Å². The van der Waals surface area contributed by atoms with Crippen LogP contribution in [0.25, 0.3) is 0 Å². The van der Waals surface area contributed by atoms with Crippen molar-refractivity contribution in [3.05, 3.63) is 53.6 Å². The molecule has 1 atom stereocenters. The van der Waals surface area contributed by atoms with Crippen LogP contribution in [0.2, 0.25) is 0 Å². The first-order chi connectivity index (χ1) is 25.2. The fourth-order valence-electron chi connectivity index (χ4n) is 8.34. The van der Waals surface area contributed by atoms with E-state index in [9.17, 15) is 24.3 Å². The number of nitrogens with zero attached hydrogens (tertiary/aromatic N) is 4. The quantitative estimate of drug-likeness (QED) is 0.282. The Kier molecular flexibility index (Phi) is 12.6. The van der Waals surface area contributed by atoms with E-state index in [1.807, 2.05) is 41.0 Å². The van der Waals surface area contributed by atoms with Crippen molar-refractivity contribution >= 4 is 43.0 Å². The Labute approximate surface area is 308 Å². The van der Waals surface area contributed by atoms with Crippen molar-refractivity contribution < 1.29 is 33.8 Å². The average Bonchev–Trinajstić information content (AvgIpc) is 3.33. The third-order valence-corrected chi connectivity index (χ3v) is 11.4. The molecular formula is C39H52BN5O7. The van der Waals surface area contributed by atoms with Crippen LogP contribution in [0.5, 0.6) is 5.75 Å². The number of hydrogen-bond donors (Lipinski definition) is 2. The number of rotatable bonds is 10. The van der Waals surface area contributed by atoms with Crippen LogP contribution >= 0.6 is 0 Å². The zero-order valence-electron chi connectivity index (χ0n) is 30.3. The van der Waals surface area contributed by atoms with Gasteiger partial charge in [-0.1, -0.05) is 35.8 Å². The molecule has 0 aliphatic carbocycles. The van der Waals surface area contributed by atoms with Gasteiger partial charge in [0.25, 0.3) is 5.91 Å². The lowest BCUT2D eigenvalue weighted by atomic mass is 9.78. The molecule has 4 heterocycles. The van der Waals surface area contributed by atoms with Gasteiger partial charge in [0.1, 0.15) is 13.6 Å². The normalized spacial score (nSPS) is 20.1. The Hall–Kier alpha value is -4.26. The van der Waals surface area contributed by atoms with Gasteiger partial charge in [-0.05, 0) is 100 Å². The smallest absolute Gasteiger partial charge is 0.410 e. The summed E-state index contributed by atoms with van der Waals surface area (Å²) in [5, 5.41) is 13.0. The molecule has 6 rings (SSSR count). The molecule has 0 aromatic heterocycles. The number of anilines is 1. The van der Waals surface area contributed by atoms with Crippen molar-refractivity contribution in [1.82, 2.24) is 19.6 Å². The van der Waals surface area contributed by atoms with Crippen molar-refractivity contribution in [3.63, 3.8) is 0 Å². The number of hydrogen-bond acceptors (Lipinski definition) is 8. The zero-order chi connectivity index (χ0) is 36.6. The van der Waals surface area contributed by atoms with Crippen LogP contribution in [0.3, 0.4) is 0 Å². The highest BCUT2D eigenvalue weighted by molar-refractivity contribution is 6.34. The minimum atomic E-state index is -1.04. The molecule has 0 saturated carbocycles. The van der Waals surface area contributed by atoms with Crippen LogP contribution in [0.15, 0.2) is 42.5 Å². The molecule has 0 unspecified atom stereocenters. The van der Waals surface area contributed by atoms with Crippen molar-refractivity contribution in [1.29, 1.82) is 0 Å². The van der Waals surface area contributed by atoms with Crippen LogP contribution in [-0.4, -0.2) is 128 Å². The number of carbonyl (C=O) groups excluding carboxylic acids is 4. The number of urea groups is 1. The molecule has 0 bridgehead atoms. The van der Waals surface area contributed by atoms with Gasteiger partial charge in [-0.25, -0.2) is 9.59 Å². The van der Waals surface area contributed by atoms with E-state index < -0.39 is 12.2 Å². The Balaban J connectivity index is 1.02. The summed E-state index contributed by atoms with van der Waals surface area (Å²) < 4.78 is 11.1. The number of aromatic hydroxyl groups is 1. The van der Waals surface area contributed by atoms with E-state index in [4.69, 9.17) is 17.3 Å². The Morgan fingerprint density at radius 1 is 0.904 bits per heavy atom. The maximum atomic E-state index is 14.0. The molecule has 13 heteroatoms. The number of nitrogens with one attached hydrogen (secondary N) is 1. The maximum absolute atomic E-state index is 14.0. The standard InChI is InChI=1S/C39H52BN5O7/c1-2-51-36(47)16-19-42-17-9-28(10-18-42)29-11-20-43(21-12-29)37(48)35(26-27-7-8-34(46)32(40)25-27)52-39(50)44-22-14-31(15-23-44)45-24-13-30-5-3-4-6-33(30)41-38(45)49/h3-8,25,28-29,31,35,46H,2,9-24,26H2,1H3,(H,41,49)/t35-/m1/s1. The molecular weight excluding hydrogens is 661 g/mol. The number of carbonyl (C=O) groups is 4. The molecule has 4 aliphatic heterocycles. The van der Waals surface area contributed by atoms with Crippen LogP contribution in [0, 0.1) is 11.8 Å². The number of para-hydroxylation sites is 1. The van der Waals surface area contributed by atoms with Gasteiger partial charge in [-0.15, -0.1) is 0 Å². The van der Waals surface area contributed by atoms with Gasteiger partial charge in [-0.2, -0.15) is 0 Å². The molecule has 2 radical (unpaired) electrons. The van der Waals surface area contributed by atoms with Crippen LogP contribution in [-0.2, 0) is 31.9 Å². The SMILES string of the molecule is [B]c1cc(C[C@@H](OC(=O)N2CCC(N3CCc4ccccc4NC3=O)CC2)C(=O)N2CCC(C3CCN(CCC(=O)OCC)CC3)CC2)ccc1O.